The molecule has 1 fully saturated rings. The summed E-state index contributed by atoms with van der Waals surface area (Å²) < 4.78 is 0. The molecule has 0 bridgehead atoms. The molecule has 0 saturated carbocycles. The summed E-state index contributed by atoms with van der Waals surface area (Å²) in [4.78, 5) is 2.37. The van der Waals surface area contributed by atoms with Crippen LogP contribution in [0, 0.1) is 0 Å². The first-order valence-electron chi connectivity index (χ1n) is 5.86. The molecule has 86 valence electrons. The van der Waals surface area contributed by atoms with E-state index in [4.69, 9.17) is 0 Å². The normalized spacial score (nSPS) is 15.1. The summed E-state index contributed by atoms with van der Waals surface area (Å²) >= 11 is 0. The molecule has 1 heterocycles. The van der Waals surface area contributed by atoms with E-state index in [9.17, 15) is 0 Å². The predicted octanol–water partition coefficient (Wildman–Crippen LogP) is 2.04. The molecule has 0 radical (unpaired) electrons. The molecule has 1 aliphatic heterocycles. The van der Waals surface area contributed by atoms with Gasteiger partial charge < -0.3 is 5.32 Å². The fourth-order valence-electron chi connectivity index (χ4n) is 2.02. The fourth-order valence-corrected chi connectivity index (χ4v) is 2.02. The van der Waals surface area contributed by atoms with Crippen LogP contribution in [0.1, 0.15) is 12.5 Å². The van der Waals surface area contributed by atoms with Gasteiger partial charge >= 0.3 is 0 Å². The number of benzene rings is 1. The lowest BCUT2D eigenvalue weighted by molar-refractivity contribution is 0.352. The average molecular weight is 216 g/mol. The monoisotopic (exact) mass is 216 g/mol. The molecular formula is C14H20N2. The zero-order valence-electron chi connectivity index (χ0n) is 10.2. The standard InChI is InChI=1S/C14H20N2/c1-12(14-8-15-9-14)10-16(2)11-13-6-4-3-5-7-13/h3-7,15H,8-11H2,1-2H3. The molecule has 0 atom stereocenters. The van der Waals surface area contributed by atoms with Gasteiger partial charge in [-0.15, -0.1) is 0 Å². The van der Waals surface area contributed by atoms with Gasteiger partial charge in [0, 0.05) is 26.2 Å². The summed E-state index contributed by atoms with van der Waals surface area (Å²) in [5.41, 5.74) is 4.49. The Hall–Kier alpha value is -1.12. The van der Waals surface area contributed by atoms with Crippen molar-refractivity contribution in [1.82, 2.24) is 10.2 Å². The Bertz CT molecular complexity index is 362. The van der Waals surface area contributed by atoms with E-state index in [1.807, 2.05) is 0 Å². The zero-order valence-corrected chi connectivity index (χ0v) is 10.2. The lowest BCUT2D eigenvalue weighted by atomic mass is 10.0. The van der Waals surface area contributed by atoms with Crippen LogP contribution in [-0.2, 0) is 6.54 Å². The summed E-state index contributed by atoms with van der Waals surface area (Å²) in [6.07, 6.45) is 0. The second-order valence-electron chi connectivity index (χ2n) is 4.65. The molecule has 0 unspecified atom stereocenters. The van der Waals surface area contributed by atoms with Crippen LogP contribution in [-0.4, -0.2) is 31.6 Å². The highest BCUT2D eigenvalue weighted by Crippen LogP contribution is 2.11. The van der Waals surface area contributed by atoms with E-state index in [1.54, 1.807) is 5.57 Å². The van der Waals surface area contributed by atoms with E-state index in [2.05, 4.69) is 54.5 Å². The van der Waals surface area contributed by atoms with Crippen molar-refractivity contribution in [3.63, 3.8) is 0 Å². The van der Waals surface area contributed by atoms with Crippen LogP contribution < -0.4 is 5.32 Å². The summed E-state index contributed by atoms with van der Waals surface area (Å²) in [6.45, 7) is 6.53. The van der Waals surface area contributed by atoms with Crippen LogP contribution in [0.15, 0.2) is 41.5 Å². The minimum absolute atomic E-state index is 1.03. The number of hydrogen-bond donors (Lipinski definition) is 1. The minimum Gasteiger partial charge on any atom is -0.309 e. The van der Waals surface area contributed by atoms with Crippen LogP contribution in [0.2, 0.25) is 0 Å². The molecule has 0 spiro atoms. The molecule has 2 heteroatoms. The van der Waals surface area contributed by atoms with Crippen molar-refractivity contribution in [3.05, 3.63) is 47.0 Å². The maximum atomic E-state index is 3.29. The van der Waals surface area contributed by atoms with Gasteiger partial charge in [0.25, 0.3) is 0 Å². The molecule has 0 aromatic heterocycles. The van der Waals surface area contributed by atoms with Gasteiger partial charge in [0.15, 0.2) is 0 Å². The van der Waals surface area contributed by atoms with Gasteiger partial charge in [-0.05, 0) is 25.1 Å². The van der Waals surface area contributed by atoms with Crippen molar-refractivity contribution in [2.75, 3.05) is 26.7 Å². The Kier molecular flexibility index (Phi) is 3.75. The third-order valence-electron chi connectivity index (χ3n) is 3.08. The van der Waals surface area contributed by atoms with Gasteiger partial charge in [-0.1, -0.05) is 35.9 Å². The molecule has 1 N–H and O–H groups in total. The van der Waals surface area contributed by atoms with E-state index < -0.39 is 0 Å². The van der Waals surface area contributed by atoms with Crippen molar-refractivity contribution in [3.8, 4) is 0 Å². The molecule has 1 aromatic rings. The molecule has 2 nitrogen and oxygen atoms in total. The van der Waals surface area contributed by atoms with E-state index >= 15 is 0 Å². The van der Waals surface area contributed by atoms with Gasteiger partial charge in [0.1, 0.15) is 0 Å². The second-order valence-corrected chi connectivity index (χ2v) is 4.65. The minimum atomic E-state index is 1.03. The molecular weight excluding hydrogens is 196 g/mol. The molecule has 1 aromatic carbocycles. The number of nitrogens with one attached hydrogen (secondary N) is 1. The average Bonchev–Trinajstić information content (AvgIpc) is 2.15. The lowest BCUT2D eigenvalue weighted by Crippen LogP contribution is -2.36. The van der Waals surface area contributed by atoms with Crippen molar-refractivity contribution in [1.29, 1.82) is 0 Å². The summed E-state index contributed by atoms with van der Waals surface area (Å²) in [6, 6.07) is 10.6. The van der Waals surface area contributed by atoms with Crippen molar-refractivity contribution in [2.45, 2.75) is 13.5 Å². The second kappa shape index (κ2) is 5.28. The first-order valence-corrected chi connectivity index (χ1v) is 5.86. The van der Waals surface area contributed by atoms with Crippen molar-refractivity contribution < 1.29 is 0 Å². The van der Waals surface area contributed by atoms with Crippen LogP contribution in [0.25, 0.3) is 0 Å². The van der Waals surface area contributed by atoms with Crippen LogP contribution in [0.3, 0.4) is 0 Å². The fraction of sp³-hybridized carbons (Fsp3) is 0.429. The van der Waals surface area contributed by atoms with Crippen LogP contribution in [0.5, 0.6) is 0 Å². The first-order chi connectivity index (χ1) is 7.75. The highest BCUT2D eigenvalue weighted by Gasteiger charge is 2.11. The number of likely N-dealkylation sites (N-methyl/N-ethyl adjacent to an activating group) is 1. The Morgan fingerprint density at radius 1 is 1.25 bits per heavy atom. The maximum absolute atomic E-state index is 3.29. The molecule has 1 aliphatic rings. The van der Waals surface area contributed by atoms with Crippen molar-refractivity contribution in [2.24, 2.45) is 0 Å². The van der Waals surface area contributed by atoms with E-state index in [-0.39, 0.29) is 0 Å². The highest BCUT2D eigenvalue weighted by atomic mass is 15.1. The third kappa shape index (κ3) is 2.94. The van der Waals surface area contributed by atoms with E-state index in [0.717, 1.165) is 26.2 Å². The van der Waals surface area contributed by atoms with Crippen LogP contribution in [0.4, 0.5) is 0 Å². The van der Waals surface area contributed by atoms with E-state index in [1.165, 1.54) is 11.1 Å². The number of nitrogens with zero attached hydrogens (tertiary/aromatic N) is 1. The van der Waals surface area contributed by atoms with E-state index in [0.29, 0.717) is 0 Å². The van der Waals surface area contributed by atoms with Gasteiger partial charge in [0.05, 0.1) is 0 Å². The largest absolute Gasteiger partial charge is 0.309 e. The summed E-state index contributed by atoms with van der Waals surface area (Å²) in [7, 11) is 2.18. The van der Waals surface area contributed by atoms with Crippen LogP contribution >= 0.6 is 0 Å². The summed E-state index contributed by atoms with van der Waals surface area (Å²) in [5.74, 6) is 0. The van der Waals surface area contributed by atoms with Crippen molar-refractivity contribution >= 4 is 0 Å². The maximum Gasteiger partial charge on any atom is 0.0234 e. The van der Waals surface area contributed by atoms with Gasteiger partial charge in [-0.2, -0.15) is 0 Å². The quantitative estimate of drug-likeness (QED) is 0.775. The highest BCUT2D eigenvalue weighted by molar-refractivity contribution is 5.22. The molecule has 0 amide bonds. The Morgan fingerprint density at radius 2 is 1.94 bits per heavy atom. The molecule has 16 heavy (non-hydrogen) atoms. The van der Waals surface area contributed by atoms with Gasteiger partial charge in [0.2, 0.25) is 0 Å². The molecule has 0 aliphatic carbocycles. The Morgan fingerprint density at radius 3 is 2.50 bits per heavy atom. The lowest BCUT2D eigenvalue weighted by Gasteiger charge is -2.25. The third-order valence-corrected chi connectivity index (χ3v) is 3.08. The smallest absolute Gasteiger partial charge is 0.0234 e. The number of rotatable bonds is 4. The predicted molar refractivity (Wildman–Crippen MR) is 68.3 cm³/mol. The molecule has 1 saturated heterocycles. The Labute approximate surface area is 98.0 Å². The Balaban J connectivity index is 1.87. The number of hydrogen-bond acceptors (Lipinski definition) is 2. The SMILES string of the molecule is CC(CN(C)Cc1ccccc1)=C1CNC1. The zero-order chi connectivity index (χ0) is 11.4. The van der Waals surface area contributed by atoms with Gasteiger partial charge in [-0.3, -0.25) is 4.90 Å². The topological polar surface area (TPSA) is 15.3 Å². The van der Waals surface area contributed by atoms with Gasteiger partial charge in [-0.25, -0.2) is 0 Å². The molecule has 2 rings (SSSR count). The summed E-state index contributed by atoms with van der Waals surface area (Å²) in [5, 5.41) is 3.29. The first kappa shape index (κ1) is 11.4.